The monoisotopic (exact) mass is 315 g/mol. The summed E-state index contributed by atoms with van der Waals surface area (Å²) in [5.41, 5.74) is 0.918. The van der Waals surface area contributed by atoms with Gasteiger partial charge in [0.15, 0.2) is 9.84 Å². The number of halogens is 1. The van der Waals surface area contributed by atoms with Crippen LogP contribution in [0.2, 0.25) is 5.02 Å². The Balaban J connectivity index is 2.21. The first-order valence-corrected chi connectivity index (χ1v) is 8.89. The fourth-order valence-electron chi connectivity index (χ4n) is 2.46. The van der Waals surface area contributed by atoms with E-state index < -0.39 is 14.6 Å². The average Bonchev–Trinajstić information content (AvgIpc) is 2.28. The van der Waals surface area contributed by atoms with Crippen molar-refractivity contribution in [2.75, 3.05) is 18.8 Å². The van der Waals surface area contributed by atoms with E-state index in [4.69, 9.17) is 11.6 Å². The summed E-state index contributed by atoms with van der Waals surface area (Å²) >= 11 is 6.28. The van der Waals surface area contributed by atoms with E-state index in [1.165, 1.54) is 0 Å². The fraction of sp³-hybridized carbons (Fsp3) is 0.600. The molecule has 1 saturated heterocycles. The normalized spacial score (nSPS) is 18.6. The van der Waals surface area contributed by atoms with Crippen molar-refractivity contribution in [3.05, 3.63) is 34.9 Å². The van der Waals surface area contributed by atoms with Gasteiger partial charge >= 0.3 is 0 Å². The largest absolute Gasteiger partial charge is 0.315 e. The van der Waals surface area contributed by atoms with Crippen LogP contribution in [0.5, 0.6) is 0 Å². The molecule has 1 heterocycles. The van der Waals surface area contributed by atoms with Gasteiger partial charge in [0.2, 0.25) is 0 Å². The summed E-state index contributed by atoms with van der Waals surface area (Å²) in [6, 6.07) is 7.74. The van der Waals surface area contributed by atoms with Crippen LogP contribution >= 0.6 is 11.6 Å². The second-order valence-corrected chi connectivity index (χ2v) is 9.81. The fourth-order valence-corrected chi connectivity index (χ4v) is 4.06. The van der Waals surface area contributed by atoms with Gasteiger partial charge in [0.25, 0.3) is 0 Å². The maximum Gasteiger partial charge on any atom is 0.155 e. The van der Waals surface area contributed by atoms with Gasteiger partial charge in [-0.25, -0.2) is 8.42 Å². The Hall–Kier alpha value is -0.580. The molecular weight excluding hydrogens is 294 g/mol. The van der Waals surface area contributed by atoms with Crippen LogP contribution in [0.15, 0.2) is 24.3 Å². The first-order valence-electron chi connectivity index (χ1n) is 6.86. The molecule has 1 aromatic rings. The SMILES string of the molecule is CC(C)(C)S(=O)(=O)CCC1(c2ccccc2Cl)CNC1. The summed E-state index contributed by atoms with van der Waals surface area (Å²) in [5, 5.41) is 3.97. The van der Waals surface area contributed by atoms with Crippen LogP contribution < -0.4 is 5.32 Å². The minimum Gasteiger partial charge on any atom is -0.315 e. The van der Waals surface area contributed by atoms with Gasteiger partial charge in [-0.2, -0.15) is 0 Å². The first-order chi connectivity index (χ1) is 9.18. The van der Waals surface area contributed by atoms with Gasteiger partial charge in [-0.1, -0.05) is 29.8 Å². The number of hydrogen-bond acceptors (Lipinski definition) is 3. The van der Waals surface area contributed by atoms with Crippen molar-refractivity contribution in [3.63, 3.8) is 0 Å². The summed E-state index contributed by atoms with van der Waals surface area (Å²) in [6.45, 7) is 6.84. The minimum absolute atomic E-state index is 0.142. The lowest BCUT2D eigenvalue weighted by molar-refractivity contribution is 0.268. The lowest BCUT2D eigenvalue weighted by Crippen LogP contribution is -2.57. The van der Waals surface area contributed by atoms with Gasteiger partial charge in [-0.3, -0.25) is 0 Å². The number of benzene rings is 1. The quantitative estimate of drug-likeness (QED) is 0.929. The Bertz CT molecular complexity index is 586. The Morgan fingerprint density at radius 3 is 2.30 bits per heavy atom. The van der Waals surface area contributed by atoms with Crippen LogP contribution in [0.1, 0.15) is 32.8 Å². The molecule has 0 aliphatic carbocycles. The Labute approximate surface area is 126 Å². The molecule has 0 radical (unpaired) electrons. The molecule has 0 saturated carbocycles. The molecular formula is C15H22ClNO2S. The van der Waals surface area contributed by atoms with E-state index in [1.54, 1.807) is 20.8 Å². The topological polar surface area (TPSA) is 46.2 Å². The third kappa shape index (κ3) is 2.87. The van der Waals surface area contributed by atoms with Crippen LogP contribution in [0.4, 0.5) is 0 Å². The van der Waals surface area contributed by atoms with E-state index in [9.17, 15) is 8.42 Å². The van der Waals surface area contributed by atoms with E-state index in [1.807, 2.05) is 24.3 Å². The van der Waals surface area contributed by atoms with Crippen molar-refractivity contribution >= 4 is 21.4 Å². The number of rotatable bonds is 4. The van der Waals surface area contributed by atoms with Crippen LogP contribution in [0.25, 0.3) is 0 Å². The van der Waals surface area contributed by atoms with Gasteiger partial charge in [0.1, 0.15) is 0 Å². The van der Waals surface area contributed by atoms with E-state index in [0.717, 1.165) is 23.7 Å². The summed E-state index contributed by atoms with van der Waals surface area (Å²) in [7, 11) is -3.10. The van der Waals surface area contributed by atoms with Gasteiger partial charge in [0.05, 0.1) is 10.5 Å². The van der Waals surface area contributed by atoms with E-state index in [0.29, 0.717) is 6.42 Å². The molecule has 0 amide bonds. The van der Waals surface area contributed by atoms with Gasteiger partial charge in [0, 0.05) is 23.5 Å². The maximum absolute atomic E-state index is 12.3. The van der Waals surface area contributed by atoms with E-state index in [-0.39, 0.29) is 11.2 Å². The van der Waals surface area contributed by atoms with E-state index in [2.05, 4.69) is 5.32 Å². The Morgan fingerprint density at radius 2 is 1.85 bits per heavy atom. The zero-order valence-corrected chi connectivity index (χ0v) is 13.8. The lowest BCUT2D eigenvalue weighted by Gasteiger charge is -2.44. The Morgan fingerprint density at radius 1 is 1.25 bits per heavy atom. The molecule has 1 aliphatic rings. The third-order valence-electron chi connectivity index (χ3n) is 4.15. The molecule has 1 fully saturated rings. The van der Waals surface area contributed by atoms with Gasteiger partial charge in [-0.15, -0.1) is 0 Å². The predicted octanol–water partition coefficient (Wildman–Crippen LogP) is 2.78. The van der Waals surface area contributed by atoms with Crippen molar-refractivity contribution in [1.29, 1.82) is 0 Å². The summed E-state index contributed by atoms with van der Waals surface area (Å²) in [6.07, 6.45) is 0.614. The van der Waals surface area contributed by atoms with Crippen molar-refractivity contribution < 1.29 is 8.42 Å². The van der Waals surface area contributed by atoms with Crippen molar-refractivity contribution in [1.82, 2.24) is 5.32 Å². The second-order valence-electron chi connectivity index (χ2n) is 6.54. The molecule has 0 unspecified atom stereocenters. The highest BCUT2D eigenvalue weighted by atomic mass is 35.5. The van der Waals surface area contributed by atoms with Crippen LogP contribution in [-0.4, -0.2) is 32.0 Å². The summed E-state index contributed by atoms with van der Waals surface area (Å²) in [5.74, 6) is 0.198. The second kappa shape index (κ2) is 5.32. The van der Waals surface area contributed by atoms with Crippen LogP contribution in [0.3, 0.4) is 0 Å². The highest BCUT2D eigenvalue weighted by Crippen LogP contribution is 2.37. The van der Waals surface area contributed by atoms with Crippen LogP contribution in [0, 0.1) is 0 Å². The molecule has 0 atom stereocenters. The zero-order valence-electron chi connectivity index (χ0n) is 12.2. The van der Waals surface area contributed by atoms with Crippen LogP contribution in [-0.2, 0) is 15.3 Å². The van der Waals surface area contributed by atoms with Crippen molar-refractivity contribution in [3.8, 4) is 0 Å². The molecule has 1 N–H and O–H groups in total. The Kier molecular flexibility index (Phi) is 4.20. The molecule has 1 aromatic carbocycles. The molecule has 0 spiro atoms. The average molecular weight is 316 g/mol. The molecule has 0 bridgehead atoms. The molecule has 5 heteroatoms. The lowest BCUT2D eigenvalue weighted by atomic mass is 9.73. The highest BCUT2D eigenvalue weighted by Gasteiger charge is 2.42. The number of hydrogen-bond donors (Lipinski definition) is 1. The third-order valence-corrected chi connectivity index (χ3v) is 7.09. The number of sulfone groups is 1. The molecule has 2 rings (SSSR count). The molecule has 112 valence electrons. The summed E-state index contributed by atoms with van der Waals surface area (Å²) in [4.78, 5) is 0. The highest BCUT2D eigenvalue weighted by molar-refractivity contribution is 7.92. The first kappa shape index (κ1) is 15.8. The van der Waals surface area contributed by atoms with Gasteiger partial charge < -0.3 is 5.32 Å². The standard InChI is InChI=1S/C15H22ClNO2S/c1-14(2,3)20(18,19)9-8-15(10-17-11-15)12-6-4-5-7-13(12)16/h4-7,17H,8-11H2,1-3H3. The smallest absolute Gasteiger partial charge is 0.155 e. The number of nitrogens with one attached hydrogen (secondary N) is 1. The van der Waals surface area contributed by atoms with Crippen molar-refractivity contribution in [2.24, 2.45) is 0 Å². The minimum atomic E-state index is -3.10. The van der Waals surface area contributed by atoms with E-state index >= 15 is 0 Å². The molecule has 1 aliphatic heterocycles. The molecule has 3 nitrogen and oxygen atoms in total. The maximum atomic E-state index is 12.3. The summed E-state index contributed by atoms with van der Waals surface area (Å²) < 4.78 is 23.9. The zero-order chi connectivity index (χ0) is 15.0. The molecule has 0 aromatic heterocycles. The van der Waals surface area contributed by atoms with Gasteiger partial charge in [-0.05, 0) is 38.8 Å². The molecule has 20 heavy (non-hydrogen) atoms. The predicted molar refractivity (Wildman–Crippen MR) is 84.2 cm³/mol. The van der Waals surface area contributed by atoms with Crippen molar-refractivity contribution in [2.45, 2.75) is 37.4 Å².